The first-order valence-electron chi connectivity index (χ1n) is 7.25. The highest BCUT2D eigenvalue weighted by Gasteiger charge is 2.36. The van der Waals surface area contributed by atoms with Gasteiger partial charge in [-0.05, 0) is 25.7 Å². The van der Waals surface area contributed by atoms with Crippen LogP contribution in [0, 0.1) is 5.92 Å². The van der Waals surface area contributed by atoms with E-state index in [-0.39, 0.29) is 23.4 Å². The number of thiophene rings is 1. The lowest BCUT2D eigenvalue weighted by Crippen LogP contribution is -2.40. The van der Waals surface area contributed by atoms with Gasteiger partial charge in [-0.3, -0.25) is 9.59 Å². The van der Waals surface area contributed by atoms with Gasteiger partial charge in [-0.25, -0.2) is 0 Å². The number of piperidine rings is 1. The Labute approximate surface area is 127 Å². The van der Waals surface area contributed by atoms with Gasteiger partial charge in [-0.2, -0.15) is 0 Å². The second kappa shape index (κ2) is 5.31. The lowest BCUT2D eigenvalue weighted by Gasteiger charge is -2.31. The molecule has 1 saturated carbocycles. The summed E-state index contributed by atoms with van der Waals surface area (Å²) in [5.41, 5.74) is 18.0. The van der Waals surface area contributed by atoms with Crippen molar-refractivity contribution < 1.29 is 9.59 Å². The molecule has 3 rings (SSSR count). The molecule has 21 heavy (non-hydrogen) atoms. The molecular formula is C14H20N4O2S. The molecule has 0 aromatic carbocycles. The summed E-state index contributed by atoms with van der Waals surface area (Å²) < 4.78 is 0. The number of carbonyl (C=O) groups is 2. The van der Waals surface area contributed by atoms with Crippen molar-refractivity contribution in [2.75, 3.05) is 23.7 Å². The predicted octanol–water partition coefficient (Wildman–Crippen LogP) is 0.949. The lowest BCUT2D eigenvalue weighted by atomic mass is 10.1. The van der Waals surface area contributed by atoms with Crippen molar-refractivity contribution in [3.05, 3.63) is 10.4 Å². The Morgan fingerprint density at radius 2 is 1.76 bits per heavy atom. The van der Waals surface area contributed by atoms with E-state index in [0.29, 0.717) is 10.4 Å². The van der Waals surface area contributed by atoms with Gasteiger partial charge < -0.3 is 22.1 Å². The number of primary amides is 1. The second-order valence-electron chi connectivity index (χ2n) is 5.85. The monoisotopic (exact) mass is 308 g/mol. The van der Waals surface area contributed by atoms with E-state index >= 15 is 0 Å². The minimum absolute atomic E-state index is 0.0555. The maximum Gasteiger partial charge on any atom is 0.253 e. The Balaban J connectivity index is 1.96. The van der Waals surface area contributed by atoms with E-state index < -0.39 is 5.91 Å². The van der Waals surface area contributed by atoms with Crippen LogP contribution < -0.4 is 22.1 Å². The van der Waals surface area contributed by atoms with Crippen LogP contribution in [-0.4, -0.2) is 30.8 Å². The van der Waals surface area contributed by atoms with E-state index in [2.05, 4.69) is 4.90 Å². The summed E-state index contributed by atoms with van der Waals surface area (Å²) in [5, 5.41) is 0.732. The zero-order valence-corrected chi connectivity index (χ0v) is 12.6. The van der Waals surface area contributed by atoms with Crippen LogP contribution in [-0.2, 0) is 0 Å². The van der Waals surface area contributed by atoms with Crippen molar-refractivity contribution in [2.45, 2.75) is 31.7 Å². The first-order chi connectivity index (χ1) is 9.99. The Bertz CT molecular complexity index is 586. The molecule has 1 saturated heterocycles. The van der Waals surface area contributed by atoms with Gasteiger partial charge in [0.15, 0.2) is 5.78 Å². The summed E-state index contributed by atoms with van der Waals surface area (Å²) >= 11 is 1.31. The van der Waals surface area contributed by atoms with Crippen LogP contribution in [0.4, 0.5) is 10.7 Å². The van der Waals surface area contributed by atoms with Crippen molar-refractivity contribution in [2.24, 2.45) is 17.4 Å². The molecule has 1 amide bonds. The fraction of sp³-hybridized carbons (Fsp3) is 0.571. The molecule has 1 aliphatic carbocycles. The van der Waals surface area contributed by atoms with Crippen LogP contribution >= 0.6 is 11.3 Å². The van der Waals surface area contributed by atoms with Crippen LogP contribution in [0.15, 0.2) is 0 Å². The average molecular weight is 308 g/mol. The summed E-state index contributed by atoms with van der Waals surface area (Å²) in [6.07, 6.45) is 3.55. The highest BCUT2D eigenvalue weighted by atomic mass is 32.1. The Morgan fingerprint density at radius 3 is 2.29 bits per heavy atom. The highest BCUT2D eigenvalue weighted by Crippen LogP contribution is 2.43. The van der Waals surface area contributed by atoms with E-state index in [1.807, 2.05) is 0 Å². The number of carbonyl (C=O) groups excluding carboxylic acids is 2. The van der Waals surface area contributed by atoms with Gasteiger partial charge in [-0.15, -0.1) is 11.3 Å². The van der Waals surface area contributed by atoms with Gasteiger partial charge in [0, 0.05) is 25.0 Å². The van der Waals surface area contributed by atoms with Crippen molar-refractivity contribution in [1.29, 1.82) is 0 Å². The summed E-state index contributed by atoms with van der Waals surface area (Å²) in [5.74, 6) is -0.433. The number of nitrogen functional groups attached to an aromatic ring is 1. The van der Waals surface area contributed by atoms with Crippen molar-refractivity contribution in [1.82, 2.24) is 0 Å². The second-order valence-corrected chi connectivity index (χ2v) is 6.85. The fourth-order valence-corrected chi connectivity index (χ4v) is 4.01. The summed E-state index contributed by atoms with van der Waals surface area (Å²) in [4.78, 5) is 26.6. The number of ketones is 1. The van der Waals surface area contributed by atoms with Gasteiger partial charge in [0.1, 0.15) is 5.00 Å². The zero-order chi connectivity index (χ0) is 15.1. The van der Waals surface area contributed by atoms with Gasteiger partial charge in [0.2, 0.25) is 0 Å². The van der Waals surface area contributed by atoms with Crippen LogP contribution in [0.2, 0.25) is 0 Å². The van der Waals surface area contributed by atoms with Gasteiger partial charge >= 0.3 is 0 Å². The van der Waals surface area contributed by atoms with Crippen LogP contribution in [0.3, 0.4) is 0 Å². The van der Waals surface area contributed by atoms with Crippen LogP contribution in [0.5, 0.6) is 0 Å². The standard InChI is InChI=1S/C14H20N4O2S/c15-8-3-5-18(6-4-8)14-9(13(17)20)10(16)12(21-14)11(19)7-1-2-7/h7-8H,1-6,15-16H2,(H2,17,20). The topological polar surface area (TPSA) is 115 Å². The number of anilines is 2. The smallest absolute Gasteiger partial charge is 0.253 e. The minimum atomic E-state index is -0.566. The zero-order valence-electron chi connectivity index (χ0n) is 11.8. The minimum Gasteiger partial charge on any atom is -0.397 e. The number of amides is 1. The molecule has 0 spiro atoms. The Kier molecular flexibility index (Phi) is 3.62. The van der Waals surface area contributed by atoms with Gasteiger partial charge in [0.25, 0.3) is 5.91 Å². The maximum atomic E-state index is 12.3. The quantitative estimate of drug-likeness (QED) is 0.716. The third-order valence-electron chi connectivity index (χ3n) is 4.17. The largest absolute Gasteiger partial charge is 0.397 e. The predicted molar refractivity (Wildman–Crippen MR) is 83.7 cm³/mol. The van der Waals surface area contributed by atoms with Crippen LogP contribution in [0.25, 0.3) is 0 Å². The number of rotatable bonds is 4. The van der Waals surface area contributed by atoms with Gasteiger partial charge in [0.05, 0.1) is 16.1 Å². The maximum absolute atomic E-state index is 12.3. The average Bonchev–Trinajstić information content (AvgIpc) is 3.22. The molecule has 0 unspecified atom stereocenters. The molecule has 6 N–H and O–H groups in total. The number of Topliss-reactive ketones (excluding diaryl/α,β-unsaturated/α-hetero) is 1. The van der Waals surface area contributed by atoms with Gasteiger partial charge in [-0.1, -0.05) is 0 Å². The van der Waals surface area contributed by atoms with E-state index in [4.69, 9.17) is 17.2 Å². The normalized spacial score (nSPS) is 19.8. The molecule has 1 aliphatic heterocycles. The van der Waals surface area contributed by atoms with Crippen molar-refractivity contribution in [3.63, 3.8) is 0 Å². The molecule has 1 aromatic rings. The number of hydrogen-bond donors (Lipinski definition) is 3. The molecule has 7 heteroatoms. The number of hydrogen-bond acceptors (Lipinski definition) is 6. The molecule has 6 nitrogen and oxygen atoms in total. The molecule has 0 atom stereocenters. The molecule has 2 aliphatic rings. The van der Waals surface area contributed by atoms with Crippen molar-refractivity contribution >= 4 is 33.7 Å². The molecular weight excluding hydrogens is 288 g/mol. The number of nitrogens with two attached hydrogens (primary N) is 3. The summed E-state index contributed by atoms with van der Waals surface area (Å²) in [6.45, 7) is 1.52. The first-order valence-corrected chi connectivity index (χ1v) is 8.07. The third kappa shape index (κ3) is 2.63. The van der Waals surface area contributed by atoms with E-state index in [1.54, 1.807) is 0 Å². The highest BCUT2D eigenvalue weighted by molar-refractivity contribution is 7.19. The molecule has 0 radical (unpaired) electrons. The SMILES string of the molecule is NC(=O)c1c(N2CCC(N)CC2)sc(C(=O)C2CC2)c1N. The molecule has 1 aromatic heterocycles. The Morgan fingerprint density at radius 1 is 1.14 bits per heavy atom. The summed E-state index contributed by atoms with van der Waals surface area (Å²) in [6, 6.07) is 0.197. The molecule has 2 heterocycles. The van der Waals surface area contributed by atoms with Crippen LogP contribution in [0.1, 0.15) is 45.7 Å². The van der Waals surface area contributed by atoms with E-state index in [9.17, 15) is 9.59 Å². The first kappa shape index (κ1) is 14.3. The van der Waals surface area contributed by atoms with E-state index in [0.717, 1.165) is 43.8 Å². The van der Waals surface area contributed by atoms with E-state index in [1.165, 1.54) is 11.3 Å². The lowest BCUT2D eigenvalue weighted by molar-refractivity contribution is 0.0972. The molecule has 2 fully saturated rings. The molecule has 0 bridgehead atoms. The fourth-order valence-electron chi connectivity index (χ4n) is 2.71. The third-order valence-corrected chi connectivity index (χ3v) is 5.45. The van der Waals surface area contributed by atoms with Crippen molar-refractivity contribution in [3.8, 4) is 0 Å². The number of nitrogens with zero attached hydrogens (tertiary/aromatic N) is 1. The summed E-state index contributed by atoms with van der Waals surface area (Å²) in [7, 11) is 0. The Hall–Kier alpha value is -1.60. The molecule has 114 valence electrons.